The van der Waals surface area contributed by atoms with Crippen LogP contribution in [0.3, 0.4) is 0 Å². The summed E-state index contributed by atoms with van der Waals surface area (Å²) in [6, 6.07) is 19.6. The Hall–Kier alpha value is -3.74. The van der Waals surface area contributed by atoms with Gasteiger partial charge >= 0.3 is 5.82 Å². The molecule has 0 unspecified atom stereocenters. The van der Waals surface area contributed by atoms with Gasteiger partial charge in [0.1, 0.15) is 12.7 Å². The SMILES string of the molecule is Cc1ncc([N+](=O)[O-])n1Cc1cn(-c2ccccc2)nc1-c1ccccc1. The monoisotopic (exact) mass is 359 g/mol. The third-order valence-electron chi connectivity index (χ3n) is 4.41. The lowest BCUT2D eigenvalue weighted by molar-refractivity contribution is -0.392. The zero-order valence-electron chi connectivity index (χ0n) is 14.7. The van der Waals surface area contributed by atoms with E-state index >= 15 is 0 Å². The zero-order chi connectivity index (χ0) is 18.8. The van der Waals surface area contributed by atoms with Gasteiger partial charge in [0.25, 0.3) is 0 Å². The molecule has 0 aliphatic heterocycles. The second-order valence-electron chi connectivity index (χ2n) is 6.16. The van der Waals surface area contributed by atoms with Gasteiger partial charge in [0, 0.05) is 24.2 Å². The highest BCUT2D eigenvalue weighted by molar-refractivity contribution is 5.63. The number of rotatable bonds is 5. The second kappa shape index (κ2) is 6.87. The molecule has 2 aromatic heterocycles. The van der Waals surface area contributed by atoms with E-state index in [9.17, 15) is 10.1 Å². The quantitative estimate of drug-likeness (QED) is 0.398. The fraction of sp³-hybridized carbons (Fsp3) is 0.100. The van der Waals surface area contributed by atoms with Crippen molar-refractivity contribution in [1.82, 2.24) is 19.3 Å². The van der Waals surface area contributed by atoms with Crippen LogP contribution in [0, 0.1) is 17.0 Å². The van der Waals surface area contributed by atoms with Gasteiger partial charge in [-0.3, -0.25) is 0 Å². The van der Waals surface area contributed by atoms with Crippen LogP contribution in [-0.4, -0.2) is 24.3 Å². The first-order valence-corrected chi connectivity index (χ1v) is 8.49. The summed E-state index contributed by atoms with van der Waals surface area (Å²) in [4.78, 5) is 15.0. The Morgan fingerprint density at radius 2 is 1.70 bits per heavy atom. The lowest BCUT2D eigenvalue weighted by Gasteiger charge is -2.04. The van der Waals surface area contributed by atoms with Crippen molar-refractivity contribution in [2.75, 3.05) is 0 Å². The molecule has 0 bridgehead atoms. The molecule has 0 spiro atoms. The first-order valence-electron chi connectivity index (χ1n) is 8.49. The number of nitrogens with zero attached hydrogens (tertiary/aromatic N) is 5. The number of para-hydroxylation sites is 1. The second-order valence-corrected chi connectivity index (χ2v) is 6.16. The lowest BCUT2D eigenvalue weighted by Crippen LogP contribution is -2.06. The zero-order valence-corrected chi connectivity index (χ0v) is 14.7. The van der Waals surface area contributed by atoms with Crippen LogP contribution in [0.2, 0.25) is 0 Å². The third kappa shape index (κ3) is 3.22. The van der Waals surface area contributed by atoms with E-state index in [1.807, 2.05) is 66.9 Å². The maximum Gasteiger partial charge on any atom is 0.343 e. The number of aryl methyl sites for hydroxylation is 1. The molecule has 7 nitrogen and oxygen atoms in total. The topological polar surface area (TPSA) is 78.8 Å². The van der Waals surface area contributed by atoms with E-state index in [1.54, 1.807) is 16.2 Å². The number of imidazole rings is 1. The first-order chi connectivity index (χ1) is 13.1. The van der Waals surface area contributed by atoms with Crippen molar-refractivity contribution in [3.05, 3.63) is 94.6 Å². The Labute approximate surface area is 155 Å². The van der Waals surface area contributed by atoms with E-state index in [1.165, 1.54) is 6.20 Å². The molecule has 0 radical (unpaired) electrons. The number of aromatic nitrogens is 4. The van der Waals surface area contributed by atoms with Crippen molar-refractivity contribution >= 4 is 5.82 Å². The van der Waals surface area contributed by atoms with E-state index in [0.29, 0.717) is 12.4 Å². The predicted molar refractivity (Wildman–Crippen MR) is 102 cm³/mol. The lowest BCUT2D eigenvalue weighted by atomic mass is 10.1. The van der Waals surface area contributed by atoms with Crippen LogP contribution in [0.5, 0.6) is 0 Å². The van der Waals surface area contributed by atoms with E-state index in [-0.39, 0.29) is 5.82 Å². The number of nitro groups is 1. The summed E-state index contributed by atoms with van der Waals surface area (Å²) in [6.45, 7) is 2.08. The molecule has 134 valence electrons. The van der Waals surface area contributed by atoms with E-state index in [0.717, 1.165) is 22.5 Å². The van der Waals surface area contributed by atoms with Crippen molar-refractivity contribution in [3.63, 3.8) is 0 Å². The molecule has 2 heterocycles. The van der Waals surface area contributed by atoms with Gasteiger partial charge in [0.05, 0.1) is 11.4 Å². The summed E-state index contributed by atoms with van der Waals surface area (Å²) < 4.78 is 3.40. The summed E-state index contributed by atoms with van der Waals surface area (Å²) in [5, 5.41) is 16.1. The van der Waals surface area contributed by atoms with Crippen molar-refractivity contribution in [1.29, 1.82) is 0 Å². The molecule has 4 rings (SSSR count). The van der Waals surface area contributed by atoms with Gasteiger partial charge in [-0.1, -0.05) is 48.5 Å². The summed E-state index contributed by atoms with van der Waals surface area (Å²) in [6.07, 6.45) is 3.21. The highest BCUT2D eigenvalue weighted by atomic mass is 16.6. The summed E-state index contributed by atoms with van der Waals surface area (Å²) >= 11 is 0. The van der Waals surface area contributed by atoms with Crippen LogP contribution >= 0.6 is 0 Å². The molecule has 7 heteroatoms. The highest BCUT2D eigenvalue weighted by Crippen LogP contribution is 2.26. The molecule has 0 saturated heterocycles. The molecular weight excluding hydrogens is 342 g/mol. The minimum absolute atomic E-state index is 0.0287. The smallest absolute Gasteiger partial charge is 0.343 e. The average Bonchev–Trinajstić information content (AvgIpc) is 3.28. The van der Waals surface area contributed by atoms with Gasteiger partial charge < -0.3 is 10.1 Å². The van der Waals surface area contributed by atoms with Crippen molar-refractivity contribution < 1.29 is 4.92 Å². The Kier molecular flexibility index (Phi) is 4.25. The molecule has 0 amide bonds. The van der Waals surface area contributed by atoms with Gasteiger partial charge in [-0.2, -0.15) is 5.10 Å². The number of hydrogen-bond donors (Lipinski definition) is 0. The van der Waals surface area contributed by atoms with Gasteiger partial charge in [0.15, 0.2) is 5.82 Å². The Morgan fingerprint density at radius 3 is 2.37 bits per heavy atom. The minimum atomic E-state index is -0.413. The Balaban J connectivity index is 1.83. The van der Waals surface area contributed by atoms with Crippen molar-refractivity contribution in [3.8, 4) is 16.9 Å². The fourth-order valence-electron chi connectivity index (χ4n) is 3.05. The summed E-state index contributed by atoms with van der Waals surface area (Å²) in [7, 11) is 0. The molecule has 4 aromatic rings. The highest BCUT2D eigenvalue weighted by Gasteiger charge is 2.21. The van der Waals surface area contributed by atoms with Crippen LogP contribution in [0.4, 0.5) is 5.82 Å². The van der Waals surface area contributed by atoms with E-state index in [4.69, 9.17) is 5.10 Å². The van der Waals surface area contributed by atoms with Crippen LogP contribution < -0.4 is 0 Å². The van der Waals surface area contributed by atoms with Gasteiger partial charge in [-0.15, -0.1) is 0 Å². The summed E-state index contributed by atoms with van der Waals surface area (Å²) in [5.74, 6) is 0.562. The molecule has 0 saturated carbocycles. The molecular formula is C20H17N5O2. The Bertz CT molecular complexity index is 1080. The molecule has 0 aliphatic rings. The van der Waals surface area contributed by atoms with Crippen LogP contribution in [0.1, 0.15) is 11.4 Å². The molecule has 0 aliphatic carbocycles. The van der Waals surface area contributed by atoms with Gasteiger partial charge in [-0.25, -0.2) is 14.2 Å². The average molecular weight is 359 g/mol. The van der Waals surface area contributed by atoms with E-state index in [2.05, 4.69) is 4.98 Å². The van der Waals surface area contributed by atoms with Gasteiger partial charge in [0.2, 0.25) is 0 Å². The number of benzene rings is 2. The van der Waals surface area contributed by atoms with Crippen molar-refractivity contribution in [2.24, 2.45) is 0 Å². The predicted octanol–water partition coefficient (Wildman–Crippen LogP) is 4.00. The van der Waals surface area contributed by atoms with Gasteiger partial charge in [-0.05, 0) is 17.1 Å². The fourth-order valence-corrected chi connectivity index (χ4v) is 3.05. The van der Waals surface area contributed by atoms with Crippen LogP contribution in [-0.2, 0) is 6.54 Å². The van der Waals surface area contributed by atoms with Crippen LogP contribution in [0.15, 0.2) is 73.1 Å². The van der Waals surface area contributed by atoms with Crippen molar-refractivity contribution in [2.45, 2.75) is 13.5 Å². The Morgan fingerprint density at radius 1 is 1.04 bits per heavy atom. The maximum atomic E-state index is 11.3. The molecule has 0 fully saturated rings. The minimum Gasteiger partial charge on any atom is -0.358 e. The largest absolute Gasteiger partial charge is 0.358 e. The molecule has 27 heavy (non-hydrogen) atoms. The van der Waals surface area contributed by atoms with E-state index < -0.39 is 4.92 Å². The first kappa shape index (κ1) is 16.7. The molecule has 0 N–H and O–H groups in total. The standard InChI is InChI=1S/C20H17N5O2/c1-15-21-12-19(25(26)27)23(15)13-17-14-24(18-10-6-3-7-11-18)22-20(17)16-8-4-2-5-9-16/h2-12,14H,13H2,1H3. The molecule has 2 aromatic carbocycles. The normalized spacial score (nSPS) is 10.9. The number of hydrogen-bond acceptors (Lipinski definition) is 4. The summed E-state index contributed by atoms with van der Waals surface area (Å²) in [5.41, 5.74) is 3.57. The molecule has 0 atom stereocenters. The van der Waals surface area contributed by atoms with Crippen LogP contribution in [0.25, 0.3) is 16.9 Å². The third-order valence-corrected chi connectivity index (χ3v) is 4.41. The maximum absolute atomic E-state index is 11.3.